The number of unbranched alkanes of at least 4 members (excludes halogenated alkanes) is 1. The second kappa shape index (κ2) is 5.45. The van der Waals surface area contributed by atoms with E-state index in [-0.39, 0.29) is 12.3 Å². The summed E-state index contributed by atoms with van der Waals surface area (Å²) in [7, 11) is -1.31. The van der Waals surface area contributed by atoms with Crippen LogP contribution >= 0.6 is 0 Å². The zero-order valence-electron chi connectivity index (χ0n) is 10.0. The van der Waals surface area contributed by atoms with Crippen molar-refractivity contribution in [3.05, 3.63) is 17.5 Å². The molecule has 0 aliphatic heterocycles. The van der Waals surface area contributed by atoms with Crippen molar-refractivity contribution in [1.82, 2.24) is 14.5 Å². The molecule has 0 aliphatic carbocycles. The molecule has 0 atom stereocenters. The van der Waals surface area contributed by atoms with E-state index < -0.39 is 10.0 Å². The number of nitrogens with zero attached hydrogens (tertiary/aromatic N) is 2. The number of hydrogen-bond acceptors (Lipinski definition) is 3. The summed E-state index contributed by atoms with van der Waals surface area (Å²) in [6, 6.07) is 1.88. The quantitative estimate of drug-likeness (QED) is 0.811. The maximum Gasteiger partial charge on any atom is 0.211 e. The van der Waals surface area contributed by atoms with Gasteiger partial charge in [0, 0.05) is 12.7 Å². The van der Waals surface area contributed by atoms with E-state index in [1.165, 1.54) is 0 Å². The van der Waals surface area contributed by atoms with Crippen molar-refractivity contribution in [2.45, 2.75) is 33.2 Å². The molecule has 5 nitrogen and oxygen atoms in total. The predicted molar refractivity (Wildman–Crippen MR) is 63.5 cm³/mol. The summed E-state index contributed by atoms with van der Waals surface area (Å²) in [4.78, 5) is 0. The highest BCUT2D eigenvalue weighted by molar-refractivity contribution is 7.89. The Balaban J connectivity index is 2.51. The van der Waals surface area contributed by atoms with Crippen LogP contribution < -0.4 is 4.72 Å². The van der Waals surface area contributed by atoms with Gasteiger partial charge in [0.05, 0.1) is 18.0 Å². The molecule has 0 spiro atoms. The lowest BCUT2D eigenvalue weighted by atomic mass is 10.4. The average molecular weight is 245 g/mol. The Kier molecular flexibility index (Phi) is 4.49. The molecule has 1 heterocycles. The van der Waals surface area contributed by atoms with Crippen LogP contribution in [0.2, 0.25) is 0 Å². The Bertz CT molecular complexity index is 417. The van der Waals surface area contributed by atoms with Crippen LogP contribution in [0, 0.1) is 6.92 Å². The van der Waals surface area contributed by atoms with E-state index in [1.807, 2.05) is 27.0 Å². The molecule has 1 aromatic rings. The molecule has 92 valence electrons. The molecular weight excluding hydrogens is 226 g/mol. The Morgan fingerprint density at radius 3 is 2.69 bits per heavy atom. The molecular formula is C10H19N3O2S. The largest absolute Gasteiger partial charge is 0.273 e. The van der Waals surface area contributed by atoms with E-state index >= 15 is 0 Å². The fraction of sp³-hybridized carbons (Fsp3) is 0.700. The molecule has 1 aromatic heterocycles. The summed E-state index contributed by atoms with van der Waals surface area (Å²) < 4.78 is 27.3. The van der Waals surface area contributed by atoms with E-state index in [2.05, 4.69) is 9.82 Å². The van der Waals surface area contributed by atoms with Crippen LogP contribution in [-0.4, -0.2) is 24.0 Å². The lowest BCUT2D eigenvalue weighted by Crippen LogP contribution is -2.26. The van der Waals surface area contributed by atoms with Crippen LogP contribution in [0.25, 0.3) is 0 Å². The number of sulfonamides is 1. The first-order chi connectivity index (χ1) is 7.44. The summed E-state index contributed by atoms with van der Waals surface area (Å²) in [5, 5.41) is 4.18. The lowest BCUT2D eigenvalue weighted by Gasteiger charge is -2.03. The van der Waals surface area contributed by atoms with Crippen molar-refractivity contribution < 1.29 is 8.42 Å². The number of rotatable bonds is 6. The standard InChI is InChI=1S/C10H19N3O2S/c1-4-5-6-16(14,15)11-8-10-7-9(2)13(3)12-10/h7,11H,4-6,8H2,1-3H3. The van der Waals surface area contributed by atoms with Crippen molar-refractivity contribution in [2.24, 2.45) is 7.05 Å². The molecule has 6 heteroatoms. The molecule has 1 N–H and O–H groups in total. The second-order valence-corrected chi connectivity index (χ2v) is 5.82. The first-order valence-corrected chi connectivity index (χ1v) is 7.06. The molecule has 1 rings (SSSR count). The fourth-order valence-electron chi connectivity index (χ4n) is 1.31. The molecule has 0 radical (unpaired) electrons. The van der Waals surface area contributed by atoms with Crippen LogP contribution in [0.15, 0.2) is 6.07 Å². The first kappa shape index (κ1) is 13.2. The minimum atomic E-state index is -3.14. The third kappa shape index (κ3) is 3.94. The van der Waals surface area contributed by atoms with Crippen LogP contribution in [0.4, 0.5) is 0 Å². The van der Waals surface area contributed by atoms with Gasteiger partial charge in [0.1, 0.15) is 0 Å². The highest BCUT2D eigenvalue weighted by atomic mass is 32.2. The topological polar surface area (TPSA) is 64.0 Å². The molecule has 0 fully saturated rings. The average Bonchev–Trinajstić information content (AvgIpc) is 2.53. The van der Waals surface area contributed by atoms with Gasteiger partial charge in [-0.3, -0.25) is 4.68 Å². The van der Waals surface area contributed by atoms with Gasteiger partial charge in [-0.05, 0) is 19.4 Å². The SMILES string of the molecule is CCCCS(=O)(=O)NCc1cc(C)n(C)n1. The van der Waals surface area contributed by atoms with Crippen LogP contribution in [0.3, 0.4) is 0 Å². The van der Waals surface area contributed by atoms with Crippen molar-refractivity contribution in [3.63, 3.8) is 0 Å². The summed E-state index contributed by atoms with van der Waals surface area (Å²) in [5.74, 6) is 0.190. The highest BCUT2D eigenvalue weighted by Crippen LogP contribution is 2.02. The molecule has 16 heavy (non-hydrogen) atoms. The van der Waals surface area contributed by atoms with Crippen molar-refractivity contribution in [3.8, 4) is 0 Å². The Morgan fingerprint density at radius 1 is 1.50 bits per heavy atom. The molecule has 0 saturated carbocycles. The third-order valence-corrected chi connectivity index (χ3v) is 3.81. The van der Waals surface area contributed by atoms with Gasteiger partial charge in [-0.1, -0.05) is 13.3 Å². The number of aryl methyl sites for hydroxylation is 2. The molecule has 0 bridgehead atoms. The van der Waals surface area contributed by atoms with E-state index in [9.17, 15) is 8.42 Å². The van der Waals surface area contributed by atoms with E-state index in [1.54, 1.807) is 4.68 Å². The van der Waals surface area contributed by atoms with Crippen molar-refractivity contribution in [1.29, 1.82) is 0 Å². The van der Waals surface area contributed by atoms with Gasteiger partial charge in [-0.25, -0.2) is 13.1 Å². The molecule has 0 unspecified atom stereocenters. The summed E-state index contributed by atoms with van der Waals surface area (Å²) >= 11 is 0. The van der Waals surface area contributed by atoms with E-state index in [4.69, 9.17) is 0 Å². The third-order valence-electron chi connectivity index (χ3n) is 2.40. The number of aromatic nitrogens is 2. The van der Waals surface area contributed by atoms with Gasteiger partial charge in [0.2, 0.25) is 10.0 Å². The minimum absolute atomic E-state index is 0.190. The molecule has 0 aromatic carbocycles. The monoisotopic (exact) mass is 245 g/mol. The van der Waals surface area contributed by atoms with Gasteiger partial charge >= 0.3 is 0 Å². The maximum absolute atomic E-state index is 11.5. The first-order valence-electron chi connectivity index (χ1n) is 5.41. The van der Waals surface area contributed by atoms with Crippen LogP contribution in [0.1, 0.15) is 31.2 Å². The second-order valence-electron chi connectivity index (χ2n) is 3.89. The smallest absolute Gasteiger partial charge is 0.211 e. The molecule has 0 saturated heterocycles. The van der Waals surface area contributed by atoms with Crippen molar-refractivity contribution in [2.75, 3.05) is 5.75 Å². The maximum atomic E-state index is 11.5. The van der Waals surface area contributed by atoms with Gasteiger partial charge in [0.15, 0.2) is 0 Å². The van der Waals surface area contributed by atoms with Crippen LogP contribution in [0.5, 0.6) is 0 Å². The zero-order valence-corrected chi connectivity index (χ0v) is 10.8. The minimum Gasteiger partial charge on any atom is -0.273 e. The number of hydrogen-bond donors (Lipinski definition) is 1. The van der Waals surface area contributed by atoms with E-state index in [0.29, 0.717) is 6.42 Å². The zero-order chi connectivity index (χ0) is 12.2. The molecule has 0 aliphatic rings. The summed E-state index contributed by atoms with van der Waals surface area (Å²) in [5.41, 5.74) is 1.77. The van der Waals surface area contributed by atoms with Gasteiger partial charge in [-0.15, -0.1) is 0 Å². The van der Waals surface area contributed by atoms with Gasteiger partial charge < -0.3 is 0 Å². The Labute approximate surface area is 96.9 Å². The predicted octanol–water partition coefficient (Wildman–Crippen LogP) is 0.948. The molecule has 0 amide bonds. The number of nitrogens with one attached hydrogen (secondary N) is 1. The summed E-state index contributed by atoms with van der Waals surface area (Å²) in [6.07, 6.45) is 1.57. The van der Waals surface area contributed by atoms with Crippen molar-refractivity contribution >= 4 is 10.0 Å². The summed E-state index contributed by atoms with van der Waals surface area (Å²) in [6.45, 7) is 4.17. The van der Waals surface area contributed by atoms with E-state index in [0.717, 1.165) is 17.8 Å². The fourth-order valence-corrected chi connectivity index (χ4v) is 2.49. The van der Waals surface area contributed by atoms with Crippen LogP contribution in [-0.2, 0) is 23.6 Å². The highest BCUT2D eigenvalue weighted by Gasteiger charge is 2.10. The van der Waals surface area contributed by atoms with Gasteiger partial charge in [-0.2, -0.15) is 5.10 Å². The lowest BCUT2D eigenvalue weighted by molar-refractivity contribution is 0.576. The Hall–Kier alpha value is -0.880. The van der Waals surface area contributed by atoms with Gasteiger partial charge in [0.25, 0.3) is 0 Å². The normalized spacial score (nSPS) is 11.9. The Morgan fingerprint density at radius 2 is 2.19 bits per heavy atom.